The molecular formula is C22H29N3O2S. The summed E-state index contributed by atoms with van der Waals surface area (Å²) in [6, 6.07) is 6.27. The highest BCUT2D eigenvalue weighted by Gasteiger charge is 2.16. The fourth-order valence-corrected chi connectivity index (χ4v) is 4.46. The number of aromatic nitrogens is 2. The number of benzene rings is 1. The van der Waals surface area contributed by atoms with E-state index in [-0.39, 0.29) is 5.56 Å². The predicted octanol–water partition coefficient (Wildman–Crippen LogP) is 4.11. The van der Waals surface area contributed by atoms with Crippen molar-refractivity contribution in [2.45, 2.75) is 47.3 Å². The van der Waals surface area contributed by atoms with Gasteiger partial charge in [0.15, 0.2) is 0 Å². The Morgan fingerprint density at radius 1 is 1.18 bits per heavy atom. The molecule has 0 aliphatic carbocycles. The Labute approximate surface area is 170 Å². The second-order valence-electron chi connectivity index (χ2n) is 8.08. The average molecular weight is 400 g/mol. The fourth-order valence-electron chi connectivity index (χ4n) is 3.50. The van der Waals surface area contributed by atoms with E-state index >= 15 is 0 Å². The van der Waals surface area contributed by atoms with Crippen LogP contribution in [0.4, 0.5) is 0 Å². The molecule has 3 aromatic rings. The molecule has 0 fully saturated rings. The lowest BCUT2D eigenvalue weighted by Crippen LogP contribution is -2.34. The Balaban J connectivity index is 1.96. The van der Waals surface area contributed by atoms with Gasteiger partial charge in [-0.1, -0.05) is 32.0 Å². The van der Waals surface area contributed by atoms with Crippen LogP contribution in [0.25, 0.3) is 21.3 Å². The number of aromatic amines is 1. The second kappa shape index (κ2) is 8.55. The van der Waals surface area contributed by atoms with E-state index in [4.69, 9.17) is 4.98 Å². The molecule has 0 aliphatic heterocycles. The summed E-state index contributed by atoms with van der Waals surface area (Å²) in [6.07, 6.45) is -0.424. The van der Waals surface area contributed by atoms with E-state index < -0.39 is 6.10 Å². The molecule has 3 rings (SSSR count). The van der Waals surface area contributed by atoms with E-state index in [9.17, 15) is 9.90 Å². The van der Waals surface area contributed by atoms with Gasteiger partial charge in [0.1, 0.15) is 10.7 Å². The van der Waals surface area contributed by atoms with Gasteiger partial charge >= 0.3 is 0 Å². The van der Waals surface area contributed by atoms with Gasteiger partial charge in [-0.2, -0.15) is 0 Å². The lowest BCUT2D eigenvalue weighted by atomic mass is 10.0. The normalized spacial score (nSPS) is 13.0. The zero-order valence-corrected chi connectivity index (χ0v) is 18.1. The van der Waals surface area contributed by atoms with E-state index in [2.05, 4.69) is 55.8 Å². The molecule has 0 amide bonds. The van der Waals surface area contributed by atoms with Gasteiger partial charge in [0, 0.05) is 24.0 Å². The second-order valence-corrected chi connectivity index (χ2v) is 8.94. The highest BCUT2D eigenvalue weighted by molar-refractivity contribution is 7.17. The summed E-state index contributed by atoms with van der Waals surface area (Å²) in [5.74, 6) is 1.11. The molecule has 6 heteroatoms. The Morgan fingerprint density at radius 2 is 1.93 bits per heavy atom. The van der Waals surface area contributed by atoms with Crippen molar-refractivity contribution in [3.8, 4) is 11.1 Å². The van der Waals surface area contributed by atoms with Crippen LogP contribution in [0.1, 0.15) is 37.7 Å². The van der Waals surface area contributed by atoms with Crippen LogP contribution in [0.5, 0.6) is 0 Å². The van der Waals surface area contributed by atoms with Gasteiger partial charge in [0.2, 0.25) is 0 Å². The number of nitrogens with one attached hydrogen (secondary N) is 1. The fraction of sp³-hybridized carbons (Fsp3) is 0.455. The maximum atomic E-state index is 12.9. The van der Waals surface area contributed by atoms with Gasteiger partial charge < -0.3 is 10.1 Å². The minimum atomic E-state index is -0.424. The number of hydrogen-bond donors (Lipinski definition) is 2. The number of aliphatic hydroxyl groups excluding tert-OH is 1. The first kappa shape index (κ1) is 20.7. The van der Waals surface area contributed by atoms with Crippen molar-refractivity contribution in [2.24, 2.45) is 5.92 Å². The van der Waals surface area contributed by atoms with Gasteiger partial charge in [-0.05, 0) is 43.4 Å². The van der Waals surface area contributed by atoms with Crippen LogP contribution in [-0.2, 0) is 6.54 Å². The quantitative estimate of drug-likeness (QED) is 0.627. The standard InChI is InChI=1S/C22H29N3O2S/c1-13(2)9-25(10-16(5)26)11-19-23-21(27)20-18(12-28-22(20)24-19)17-7-6-14(3)15(4)8-17/h6-8,12-13,16,26H,9-11H2,1-5H3,(H,23,24,27)/t16-/m0/s1. The summed E-state index contributed by atoms with van der Waals surface area (Å²) in [7, 11) is 0. The minimum Gasteiger partial charge on any atom is -0.392 e. The van der Waals surface area contributed by atoms with E-state index in [0.717, 1.165) is 22.5 Å². The van der Waals surface area contributed by atoms with Crippen LogP contribution >= 0.6 is 11.3 Å². The molecule has 0 spiro atoms. The summed E-state index contributed by atoms with van der Waals surface area (Å²) in [6.45, 7) is 12.1. The van der Waals surface area contributed by atoms with Gasteiger partial charge in [0.05, 0.1) is 18.0 Å². The molecule has 0 unspecified atom stereocenters. The van der Waals surface area contributed by atoms with Gasteiger partial charge in [0.25, 0.3) is 5.56 Å². The predicted molar refractivity (Wildman–Crippen MR) is 117 cm³/mol. The summed E-state index contributed by atoms with van der Waals surface area (Å²) < 4.78 is 0. The Bertz CT molecular complexity index is 1010. The number of aryl methyl sites for hydroxylation is 2. The first-order valence-electron chi connectivity index (χ1n) is 9.73. The number of hydrogen-bond acceptors (Lipinski definition) is 5. The smallest absolute Gasteiger partial charge is 0.260 e. The third-order valence-electron chi connectivity index (χ3n) is 4.83. The zero-order valence-electron chi connectivity index (χ0n) is 17.2. The molecule has 5 nitrogen and oxygen atoms in total. The van der Waals surface area contributed by atoms with Crippen molar-refractivity contribution >= 4 is 21.6 Å². The zero-order chi connectivity index (χ0) is 20.4. The molecule has 0 saturated carbocycles. The molecule has 0 radical (unpaired) electrons. The summed E-state index contributed by atoms with van der Waals surface area (Å²) in [4.78, 5) is 23.5. The maximum Gasteiger partial charge on any atom is 0.260 e. The minimum absolute atomic E-state index is 0.101. The maximum absolute atomic E-state index is 12.9. The molecule has 0 bridgehead atoms. The largest absolute Gasteiger partial charge is 0.392 e. The molecule has 0 saturated heterocycles. The molecule has 28 heavy (non-hydrogen) atoms. The van der Waals surface area contributed by atoms with Crippen molar-refractivity contribution < 1.29 is 5.11 Å². The van der Waals surface area contributed by atoms with Crippen LogP contribution < -0.4 is 5.56 Å². The topological polar surface area (TPSA) is 69.2 Å². The molecule has 1 aromatic carbocycles. The molecule has 2 heterocycles. The molecule has 1 atom stereocenters. The van der Waals surface area contributed by atoms with E-state index in [0.29, 0.717) is 30.2 Å². The van der Waals surface area contributed by atoms with Crippen molar-refractivity contribution in [3.05, 3.63) is 50.9 Å². The number of rotatable bonds is 7. The van der Waals surface area contributed by atoms with Crippen molar-refractivity contribution in [1.29, 1.82) is 0 Å². The monoisotopic (exact) mass is 399 g/mol. The lowest BCUT2D eigenvalue weighted by Gasteiger charge is -2.24. The summed E-state index contributed by atoms with van der Waals surface area (Å²) in [5, 5.41) is 12.5. The van der Waals surface area contributed by atoms with Crippen LogP contribution in [0.3, 0.4) is 0 Å². The molecule has 0 aliphatic rings. The van der Waals surface area contributed by atoms with Crippen molar-refractivity contribution in [3.63, 3.8) is 0 Å². The van der Waals surface area contributed by atoms with Crippen LogP contribution in [0.15, 0.2) is 28.4 Å². The first-order chi connectivity index (χ1) is 13.2. The van der Waals surface area contributed by atoms with Crippen LogP contribution in [0.2, 0.25) is 0 Å². The highest BCUT2D eigenvalue weighted by atomic mass is 32.1. The summed E-state index contributed by atoms with van der Waals surface area (Å²) in [5.41, 5.74) is 4.33. The molecule has 2 N–H and O–H groups in total. The average Bonchev–Trinajstić information content (AvgIpc) is 3.00. The molecule has 150 valence electrons. The van der Waals surface area contributed by atoms with E-state index in [1.807, 2.05) is 5.38 Å². The Kier molecular flexibility index (Phi) is 6.33. The number of aliphatic hydroxyl groups is 1. The van der Waals surface area contributed by atoms with Crippen molar-refractivity contribution in [1.82, 2.24) is 14.9 Å². The summed E-state index contributed by atoms with van der Waals surface area (Å²) >= 11 is 1.50. The lowest BCUT2D eigenvalue weighted by molar-refractivity contribution is 0.113. The van der Waals surface area contributed by atoms with Gasteiger partial charge in [-0.3, -0.25) is 9.69 Å². The van der Waals surface area contributed by atoms with Gasteiger partial charge in [-0.15, -0.1) is 11.3 Å². The third kappa shape index (κ3) is 4.69. The molecular weight excluding hydrogens is 370 g/mol. The molecule has 2 aromatic heterocycles. The SMILES string of the molecule is Cc1ccc(-c2csc3nc(CN(CC(C)C)C[C@H](C)O)[nH]c(=O)c23)cc1C. The number of thiophene rings is 1. The third-order valence-corrected chi connectivity index (χ3v) is 5.70. The van der Waals surface area contributed by atoms with E-state index in [1.54, 1.807) is 6.92 Å². The number of H-pyrrole nitrogens is 1. The van der Waals surface area contributed by atoms with Crippen molar-refractivity contribution in [2.75, 3.05) is 13.1 Å². The number of fused-ring (bicyclic) bond motifs is 1. The van der Waals surface area contributed by atoms with Crippen LogP contribution in [-0.4, -0.2) is 39.2 Å². The Hall–Kier alpha value is -2.02. The first-order valence-corrected chi connectivity index (χ1v) is 10.6. The number of nitrogens with zero attached hydrogens (tertiary/aromatic N) is 2. The Morgan fingerprint density at radius 3 is 2.57 bits per heavy atom. The van der Waals surface area contributed by atoms with E-state index in [1.165, 1.54) is 22.5 Å². The highest BCUT2D eigenvalue weighted by Crippen LogP contribution is 2.31. The van der Waals surface area contributed by atoms with Gasteiger partial charge in [-0.25, -0.2) is 4.98 Å². The van der Waals surface area contributed by atoms with Crippen LogP contribution in [0, 0.1) is 19.8 Å².